The minimum atomic E-state index is -0.238. The van der Waals surface area contributed by atoms with Crippen molar-refractivity contribution in [2.75, 3.05) is 6.61 Å². The molecule has 0 saturated heterocycles. The number of hydrogen-bond acceptors (Lipinski definition) is 4. The quantitative estimate of drug-likeness (QED) is 0.376. The van der Waals surface area contributed by atoms with Gasteiger partial charge in [-0.15, -0.1) is 0 Å². The highest BCUT2D eigenvalue weighted by atomic mass is 16.5. The van der Waals surface area contributed by atoms with Crippen LogP contribution < -0.4 is 4.74 Å². The fourth-order valence-corrected chi connectivity index (χ4v) is 2.83. The van der Waals surface area contributed by atoms with Gasteiger partial charge < -0.3 is 9.30 Å². The molecule has 0 bridgehead atoms. The number of carbonyl (C=O) groups excluding carboxylic acids is 2. The first-order valence-corrected chi connectivity index (χ1v) is 9.76. The third-order valence-electron chi connectivity index (χ3n) is 4.45. The number of aryl methyl sites for hydroxylation is 1. The number of hydrogen-bond donors (Lipinski definition) is 0. The van der Waals surface area contributed by atoms with Crippen molar-refractivity contribution in [2.24, 2.45) is 7.05 Å². The summed E-state index contributed by atoms with van der Waals surface area (Å²) in [6.45, 7) is 0.519. The molecule has 0 spiro atoms. The molecule has 0 aliphatic carbocycles. The van der Waals surface area contributed by atoms with Gasteiger partial charge >= 0.3 is 0 Å². The molecule has 0 radical (unpaired) electrons. The Morgan fingerprint density at radius 3 is 2.57 bits per heavy atom. The van der Waals surface area contributed by atoms with Gasteiger partial charge in [0.05, 0.1) is 13.0 Å². The average molecular weight is 400 g/mol. The van der Waals surface area contributed by atoms with Crippen LogP contribution in [0, 0.1) is 0 Å². The molecule has 0 N–H and O–H groups in total. The molecule has 3 aromatic rings. The Bertz CT molecular complexity index is 1050. The van der Waals surface area contributed by atoms with Gasteiger partial charge in [-0.2, -0.15) is 0 Å². The van der Waals surface area contributed by atoms with Crippen LogP contribution in [-0.2, 0) is 23.1 Å². The lowest BCUT2D eigenvalue weighted by atomic mass is 10.1. The molecule has 5 nitrogen and oxygen atoms in total. The first-order chi connectivity index (χ1) is 14.6. The van der Waals surface area contributed by atoms with E-state index in [9.17, 15) is 9.59 Å². The molecule has 0 saturated carbocycles. The van der Waals surface area contributed by atoms with Crippen LogP contribution in [0.3, 0.4) is 0 Å². The Kier molecular flexibility index (Phi) is 7.50. The van der Waals surface area contributed by atoms with Crippen LogP contribution in [0.4, 0.5) is 0 Å². The fourth-order valence-electron chi connectivity index (χ4n) is 2.83. The highest BCUT2D eigenvalue weighted by Gasteiger charge is 2.04. The number of ketones is 2. The second kappa shape index (κ2) is 10.7. The first kappa shape index (κ1) is 21.0. The van der Waals surface area contributed by atoms with Crippen molar-refractivity contribution in [3.8, 4) is 5.75 Å². The summed E-state index contributed by atoms with van der Waals surface area (Å²) >= 11 is 0. The van der Waals surface area contributed by atoms with E-state index in [1.807, 2.05) is 72.4 Å². The summed E-state index contributed by atoms with van der Waals surface area (Å²) < 4.78 is 7.67. The molecule has 0 fully saturated rings. The molecule has 3 rings (SSSR count). The van der Waals surface area contributed by atoms with Crippen molar-refractivity contribution in [1.29, 1.82) is 0 Å². The van der Waals surface area contributed by atoms with E-state index in [2.05, 4.69) is 4.98 Å². The van der Waals surface area contributed by atoms with Crippen molar-refractivity contribution < 1.29 is 14.3 Å². The van der Waals surface area contributed by atoms with Gasteiger partial charge in [-0.3, -0.25) is 14.6 Å². The predicted octanol–water partition coefficient (Wildman–Crippen LogP) is 4.30. The Hall–Kier alpha value is -3.73. The molecule has 30 heavy (non-hydrogen) atoms. The number of rotatable bonds is 10. The minimum Gasteiger partial charge on any atom is -0.493 e. The van der Waals surface area contributed by atoms with Crippen LogP contribution in [-0.4, -0.2) is 27.7 Å². The number of ether oxygens (including phenoxy) is 1. The summed E-state index contributed by atoms with van der Waals surface area (Å²) in [5, 5.41) is 0. The minimum absolute atomic E-state index is 0.155. The van der Waals surface area contributed by atoms with Gasteiger partial charge in [0.1, 0.15) is 5.75 Å². The number of nitrogens with zero attached hydrogens (tertiary/aromatic N) is 2. The SMILES string of the molecule is Cn1cccc1C=CC(=O)CC(=O)C=Cc1cccc(OCCc2ccccn2)c1. The van der Waals surface area contributed by atoms with Gasteiger partial charge in [-0.25, -0.2) is 0 Å². The number of carbonyl (C=O) groups is 2. The van der Waals surface area contributed by atoms with Gasteiger partial charge in [0.15, 0.2) is 11.6 Å². The van der Waals surface area contributed by atoms with Crippen LogP contribution >= 0.6 is 0 Å². The molecule has 2 aromatic heterocycles. The summed E-state index contributed by atoms with van der Waals surface area (Å²) in [4.78, 5) is 28.3. The Morgan fingerprint density at radius 1 is 1.00 bits per heavy atom. The largest absolute Gasteiger partial charge is 0.493 e. The molecule has 0 amide bonds. The Morgan fingerprint density at radius 2 is 1.83 bits per heavy atom. The predicted molar refractivity (Wildman–Crippen MR) is 118 cm³/mol. The number of aromatic nitrogens is 2. The average Bonchev–Trinajstić information content (AvgIpc) is 3.17. The van der Waals surface area contributed by atoms with Gasteiger partial charge in [0, 0.05) is 37.3 Å². The molecule has 2 heterocycles. The summed E-state index contributed by atoms with van der Waals surface area (Å²) in [6, 6.07) is 17.1. The second-order valence-electron chi connectivity index (χ2n) is 6.81. The fraction of sp³-hybridized carbons (Fsp3) is 0.160. The van der Waals surface area contributed by atoms with E-state index in [-0.39, 0.29) is 18.0 Å². The van der Waals surface area contributed by atoms with E-state index in [0.29, 0.717) is 6.61 Å². The van der Waals surface area contributed by atoms with E-state index < -0.39 is 0 Å². The summed E-state index contributed by atoms with van der Waals surface area (Å²) in [5.74, 6) is 0.262. The zero-order valence-corrected chi connectivity index (χ0v) is 16.9. The van der Waals surface area contributed by atoms with Crippen molar-refractivity contribution in [3.05, 3.63) is 96.1 Å². The van der Waals surface area contributed by atoms with Crippen molar-refractivity contribution in [2.45, 2.75) is 12.8 Å². The van der Waals surface area contributed by atoms with Crippen LogP contribution in [0.1, 0.15) is 23.4 Å². The molecule has 152 valence electrons. The topological polar surface area (TPSA) is 61.2 Å². The lowest BCUT2D eigenvalue weighted by molar-refractivity contribution is -0.121. The van der Waals surface area contributed by atoms with Gasteiger partial charge in [0.25, 0.3) is 0 Å². The van der Waals surface area contributed by atoms with Crippen LogP contribution in [0.2, 0.25) is 0 Å². The zero-order valence-electron chi connectivity index (χ0n) is 16.9. The number of allylic oxidation sites excluding steroid dienone is 2. The maximum atomic E-state index is 12.1. The maximum absolute atomic E-state index is 12.1. The standard InChI is InChI=1S/C25H24N2O3/c1-27-16-5-8-22(27)11-13-24(29)19-23(28)12-10-20-6-4-9-25(18-20)30-17-14-21-7-2-3-15-26-21/h2-13,15-16,18H,14,17,19H2,1H3. The Labute approximate surface area is 176 Å². The third-order valence-corrected chi connectivity index (χ3v) is 4.45. The molecular formula is C25H24N2O3. The van der Waals surface area contributed by atoms with Crippen LogP contribution in [0.25, 0.3) is 12.2 Å². The monoisotopic (exact) mass is 400 g/mol. The van der Waals surface area contributed by atoms with Gasteiger partial charge in [0.2, 0.25) is 0 Å². The summed E-state index contributed by atoms with van der Waals surface area (Å²) in [7, 11) is 1.90. The molecule has 0 atom stereocenters. The number of pyridine rings is 1. The highest BCUT2D eigenvalue weighted by molar-refractivity contribution is 6.10. The summed E-state index contributed by atoms with van der Waals surface area (Å²) in [5.41, 5.74) is 2.72. The maximum Gasteiger partial charge on any atom is 0.163 e. The van der Waals surface area contributed by atoms with E-state index in [1.54, 1.807) is 18.3 Å². The van der Waals surface area contributed by atoms with Gasteiger partial charge in [-0.05, 0) is 60.2 Å². The van der Waals surface area contributed by atoms with Crippen molar-refractivity contribution in [1.82, 2.24) is 9.55 Å². The zero-order chi connectivity index (χ0) is 21.2. The van der Waals surface area contributed by atoms with E-state index in [4.69, 9.17) is 4.74 Å². The highest BCUT2D eigenvalue weighted by Crippen LogP contribution is 2.15. The molecule has 0 aliphatic rings. The van der Waals surface area contributed by atoms with Crippen LogP contribution in [0.5, 0.6) is 5.75 Å². The summed E-state index contributed by atoms with van der Waals surface area (Å²) in [6.07, 6.45) is 10.5. The lowest BCUT2D eigenvalue weighted by Gasteiger charge is -2.06. The Balaban J connectivity index is 1.48. The molecular weight excluding hydrogens is 376 g/mol. The first-order valence-electron chi connectivity index (χ1n) is 9.76. The van der Waals surface area contributed by atoms with Crippen molar-refractivity contribution in [3.63, 3.8) is 0 Å². The lowest BCUT2D eigenvalue weighted by Crippen LogP contribution is -2.03. The third kappa shape index (κ3) is 6.71. The van der Waals surface area contributed by atoms with E-state index in [1.165, 1.54) is 12.2 Å². The number of benzene rings is 1. The van der Waals surface area contributed by atoms with E-state index in [0.717, 1.165) is 29.1 Å². The molecule has 0 unspecified atom stereocenters. The molecule has 5 heteroatoms. The molecule has 0 aliphatic heterocycles. The van der Waals surface area contributed by atoms with Crippen LogP contribution in [0.15, 0.2) is 79.1 Å². The second-order valence-corrected chi connectivity index (χ2v) is 6.81. The normalized spacial score (nSPS) is 11.2. The van der Waals surface area contributed by atoms with Crippen molar-refractivity contribution >= 4 is 23.7 Å². The molecule has 1 aromatic carbocycles. The van der Waals surface area contributed by atoms with Gasteiger partial charge in [-0.1, -0.05) is 24.3 Å². The van der Waals surface area contributed by atoms with E-state index >= 15 is 0 Å². The smallest absolute Gasteiger partial charge is 0.163 e.